The monoisotopic (exact) mass is 339 g/mol. The summed E-state index contributed by atoms with van der Waals surface area (Å²) in [7, 11) is 0. The largest absolute Gasteiger partial charge is 0.371 e. The fraction of sp³-hybridized carbons (Fsp3) is 0.667. The van der Waals surface area contributed by atoms with E-state index < -0.39 is 0 Å². The van der Waals surface area contributed by atoms with Gasteiger partial charge in [0, 0.05) is 18.7 Å². The van der Waals surface area contributed by atoms with Crippen molar-refractivity contribution in [2.24, 2.45) is 0 Å². The third kappa shape index (κ3) is 3.69. The van der Waals surface area contributed by atoms with E-state index in [1.165, 1.54) is 0 Å². The molecule has 0 spiro atoms. The molecule has 0 aliphatic carbocycles. The highest BCUT2D eigenvalue weighted by atomic mass is 32.2. The number of carbonyl (C=O) groups is 2. The highest BCUT2D eigenvalue weighted by molar-refractivity contribution is 8.00. The lowest BCUT2D eigenvalue weighted by Crippen LogP contribution is -2.40. The van der Waals surface area contributed by atoms with Crippen LogP contribution in [0, 0.1) is 13.8 Å². The van der Waals surface area contributed by atoms with E-state index in [9.17, 15) is 9.59 Å². The molecule has 0 N–H and O–H groups in total. The summed E-state index contributed by atoms with van der Waals surface area (Å²) in [4.78, 5) is 27.3. The van der Waals surface area contributed by atoms with Crippen LogP contribution in [0.2, 0.25) is 0 Å². The fourth-order valence-electron chi connectivity index (χ4n) is 2.80. The molecule has 8 heteroatoms. The summed E-state index contributed by atoms with van der Waals surface area (Å²) in [5.41, 5.74) is 1.83. The summed E-state index contributed by atoms with van der Waals surface area (Å²) in [5.74, 6) is 1.93. The Bertz CT molecular complexity index is 584. The first-order chi connectivity index (χ1) is 11.0. The Morgan fingerprint density at radius 1 is 1.48 bits per heavy atom. The van der Waals surface area contributed by atoms with Crippen molar-refractivity contribution in [2.45, 2.75) is 33.0 Å². The number of hydrogen-bond donors (Lipinski definition) is 0. The first-order valence-electron chi connectivity index (χ1n) is 7.71. The van der Waals surface area contributed by atoms with E-state index in [-0.39, 0.29) is 24.5 Å². The van der Waals surface area contributed by atoms with Gasteiger partial charge in [-0.15, -0.1) is 11.8 Å². The molecule has 2 amide bonds. The van der Waals surface area contributed by atoms with Crippen LogP contribution in [-0.4, -0.2) is 64.1 Å². The van der Waals surface area contributed by atoms with Crippen LogP contribution >= 0.6 is 11.8 Å². The lowest BCUT2D eigenvalue weighted by Gasteiger charge is -2.20. The number of amides is 2. The zero-order chi connectivity index (χ0) is 16.4. The molecule has 0 aromatic carbocycles. The van der Waals surface area contributed by atoms with Crippen molar-refractivity contribution in [2.75, 3.05) is 31.3 Å². The summed E-state index contributed by atoms with van der Waals surface area (Å²) in [6.07, 6.45) is 0.842. The van der Waals surface area contributed by atoms with Crippen molar-refractivity contribution in [3.05, 3.63) is 17.0 Å². The number of rotatable bonds is 5. The molecule has 1 aromatic rings. The summed E-state index contributed by atoms with van der Waals surface area (Å²) < 4.78 is 11.0. The Kier molecular flexibility index (Phi) is 4.91. The minimum Gasteiger partial charge on any atom is -0.371 e. The normalized spacial score (nSPS) is 21.5. The molecule has 1 unspecified atom stereocenters. The van der Waals surface area contributed by atoms with Crippen LogP contribution in [0.25, 0.3) is 0 Å². The van der Waals surface area contributed by atoms with Gasteiger partial charge in [0.25, 0.3) is 0 Å². The molecular formula is C15H21N3O4S. The van der Waals surface area contributed by atoms with Gasteiger partial charge in [0.15, 0.2) is 0 Å². The van der Waals surface area contributed by atoms with Crippen molar-refractivity contribution in [1.82, 2.24) is 15.0 Å². The van der Waals surface area contributed by atoms with Crippen LogP contribution in [-0.2, 0) is 20.9 Å². The predicted molar refractivity (Wildman–Crippen MR) is 84.8 cm³/mol. The van der Waals surface area contributed by atoms with Gasteiger partial charge in [-0.3, -0.25) is 9.59 Å². The number of ether oxygens (including phenoxy) is 1. The maximum atomic E-state index is 12.3. The van der Waals surface area contributed by atoms with E-state index in [4.69, 9.17) is 9.26 Å². The van der Waals surface area contributed by atoms with Crippen molar-refractivity contribution >= 4 is 23.6 Å². The molecule has 2 aliphatic heterocycles. The van der Waals surface area contributed by atoms with Crippen molar-refractivity contribution in [3.8, 4) is 0 Å². The standard InChI is InChI=1S/C15H21N3O4S/c1-10-13(11(2)22-16-10)7-21-12-3-4-17(5-12)14(19)6-18-9-23-8-15(18)20/h12H,3-9H2,1-2H3. The second-order valence-corrected chi connectivity index (χ2v) is 6.89. The number of likely N-dealkylation sites (tertiary alicyclic amines) is 1. The number of nitrogens with zero attached hydrogens (tertiary/aromatic N) is 3. The van der Waals surface area contributed by atoms with E-state index in [1.807, 2.05) is 13.8 Å². The SMILES string of the molecule is Cc1noc(C)c1COC1CCN(C(=O)CN2CSCC2=O)C1. The third-order valence-electron chi connectivity index (χ3n) is 4.29. The van der Waals surface area contributed by atoms with Crippen LogP contribution < -0.4 is 0 Å². The lowest BCUT2D eigenvalue weighted by molar-refractivity contribution is -0.137. The first-order valence-corrected chi connectivity index (χ1v) is 8.86. The molecule has 0 saturated carbocycles. The van der Waals surface area contributed by atoms with E-state index >= 15 is 0 Å². The molecule has 1 atom stereocenters. The molecule has 1 aromatic heterocycles. The number of aromatic nitrogens is 1. The van der Waals surface area contributed by atoms with Gasteiger partial charge < -0.3 is 19.1 Å². The van der Waals surface area contributed by atoms with Gasteiger partial charge in [-0.25, -0.2) is 0 Å². The van der Waals surface area contributed by atoms with E-state index in [0.29, 0.717) is 31.3 Å². The molecule has 126 valence electrons. The van der Waals surface area contributed by atoms with Crippen LogP contribution in [0.1, 0.15) is 23.4 Å². The third-order valence-corrected chi connectivity index (χ3v) is 5.24. The molecule has 0 radical (unpaired) electrons. The molecule has 2 fully saturated rings. The zero-order valence-corrected chi connectivity index (χ0v) is 14.2. The minimum atomic E-state index is 0.00397. The maximum absolute atomic E-state index is 12.3. The van der Waals surface area contributed by atoms with Crippen molar-refractivity contribution in [1.29, 1.82) is 0 Å². The molecule has 2 saturated heterocycles. The van der Waals surface area contributed by atoms with Crippen LogP contribution in [0.4, 0.5) is 0 Å². The van der Waals surface area contributed by atoms with E-state index in [1.54, 1.807) is 21.6 Å². The van der Waals surface area contributed by atoms with Crippen molar-refractivity contribution < 1.29 is 18.8 Å². The number of carbonyl (C=O) groups excluding carboxylic acids is 2. The summed E-state index contributed by atoms with van der Waals surface area (Å²) >= 11 is 1.55. The number of aryl methyl sites for hydroxylation is 2. The Labute approximate surface area is 139 Å². The van der Waals surface area contributed by atoms with Gasteiger partial charge in [0.05, 0.1) is 30.0 Å². The molecule has 3 heterocycles. The number of hydrogen-bond acceptors (Lipinski definition) is 6. The van der Waals surface area contributed by atoms with Crippen LogP contribution in [0.5, 0.6) is 0 Å². The molecule has 2 aliphatic rings. The molecule has 3 rings (SSSR count). The van der Waals surface area contributed by atoms with Gasteiger partial charge >= 0.3 is 0 Å². The second kappa shape index (κ2) is 6.92. The molecule has 7 nitrogen and oxygen atoms in total. The quantitative estimate of drug-likeness (QED) is 0.795. The van der Waals surface area contributed by atoms with Crippen molar-refractivity contribution in [3.63, 3.8) is 0 Å². The first kappa shape index (κ1) is 16.3. The predicted octanol–water partition coefficient (Wildman–Crippen LogP) is 0.942. The highest BCUT2D eigenvalue weighted by Gasteiger charge is 2.30. The van der Waals surface area contributed by atoms with Gasteiger partial charge in [-0.2, -0.15) is 0 Å². The summed E-state index contributed by atoms with van der Waals surface area (Å²) in [6, 6.07) is 0. The summed E-state index contributed by atoms with van der Waals surface area (Å²) in [5, 5.41) is 3.91. The van der Waals surface area contributed by atoms with Gasteiger partial charge in [0.2, 0.25) is 11.8 Å². The number of thioether (sulfide) groups is 1. The van der Waals surface area contributed by atoms with Crippen LogP contribution in [0.3, 0.4) is 0 Å². The van der Waals surface area contributed by atoms with Gasteiger partial charge in [-0.05, 0) is 20.3 Å². The Hall–Kier alpha value is -1.54. The smallest absolute Gasteiger partial charge is 0.242 e. The second-order valence-electron chi connectivity index (χ2n) is 5.93. The lowest BCUT2D eigenvalue weighted by atomic mass is 10.2. The zero-order valence-electron chi connectivity index (χ0n) is 13.4. The average Bonchev–Trinajstić information content (AvgIpc) is 3.21. The highest BCUT2D eigenvalue weighted by Crippen LogP contribution is 2.20. The molecule has 23 heavy (non-hydrogen) atoms. The van der Waals surface area contributed by atoms with Gasteiger partial charge in [-0.1, -0.05) is 5.16 Å². The van der Waals surface area contributed by atoms with E-state index in [2.05, 4.69) is 5.16 Å². The van der Waals surface area contributed by atoms with E-state index in [0.717, 1.165) is 23.4 Å². The minimum absolute atomic E-state index is 0.00397. The molecular weight excluding hydrogens is 318 g/mol. The maximum Gasteiger partial charge on any atom is 0.242 e. The fourth-order valence-corrected chi connectivity index (χ4v) is 3.71. The summed E-state index contributed by atoms with van der Waals surface area (Å²) in [6.45, 7) is 5.66. The topological polar surface area (TPSA) is 75.9 Å². The Morgan fingerprint density at radius 3 is 2.96 bits per heavy atom. The van der Waals surface area contributed by atoms with Gasteiger partial charge in [0.1, 0.15) is 12.3 Å². The molecule has 0 bridgehead atoms. The van der Waals surface area contributed by atoms with Crippen LogP contribution in [0.15, 0.2) is 4.52 Å². The Balaban J connectivity index is 1.46. The Morgan fingerprint density at radius 2 is 2.30 bits per heavy atom. The average molecular weight is 339 g/mol.